The Bertz CT molecular complexity index is 1490. The van der Waals surface area contributed by atoms with Crippen molar-refractivity contribution in [2.45, 2.75) is 19.9 Å². The van der Waals surface area contributed by atoms with Crippen LogP contribution >= 0.6 is 34.5 Å². The summed E-state index contributed by atoms with van der Waals surface area (Å²) in [5.41, 5.74) is 3.85. The molecule has 4 aromatic rings. The van der Waals surface area contributed by atoms with E-state index in [-0.39, 0.29) is 11.3 Å². The lowest BCUT2D eigenvalue weighted by atomic mass is 9.95. The van der Waals surface area contributed by atoms with Gasteiger partial charge in [-0.2, -0.15) is 0 Å². The number of hydrogen-bond donors (Lipinski definition) is 1. The summed E-state index contributed by atoms with van der Waals surface area (Å²) in [5.74, 6) is -1.80. The Morgan fingerprint density at radius 1 is 0.971 bits per heavy atom. The van der Waals surface area contributed by atoms with E-state index >= 15 is 0 Å². The third kappa shape index (κ3) is 3.78. The molecule has 2 heterocycles. The number of Topliss-reactive ketones (excluding diaryl/α,β-unsaturated/α-hetero) is 1. The van der Waals surface area contributed by atoms with Gasteiger partial charge in [0, 0.05) is 15.6 Å². The topological polar surface area (TPSA) is 70.5 Å². The number of carbonyl (C=O) groups excluding carboxylic acids is 2. The van der Waals surface area contributed by atoms with Gasteiger partial charge in [-0.3, -0.25) is 14.5 Å². The lowest BCUT2D eigenvalue weighted by molar-refractivity contribution is -0.132. The first kappa shape index (κ1) is 22.6. The second kappa shape index (κ2) is 8.55. The molecule has 1 saturated heterocycles. The number of aliphatic hydroxyl groups is 1. The molecule has 1 fully saturated rings. The number of aryl methyl sites for hydroxylation is 2. The first-order valence-corrected chi connectivity index (χ1v) is 12.0. The van der Waals surface area contributed by atoms with E-state index in [4.69, 9.17) is 28.2 Å². The molecule has 0 bridgehead atoms. The monoisotopic (exact) mass is 508 g/mol. The third-order valence-corrected chi connectivity index (χ3v) is 7.28. The fourth-order valence-corrected chi connectivity index (χ4v) is 5.64. The van der Waals surface area contributed by atoms with Gasteiger partial charge in [0.15, 0.2) is 5.13 Å². The quantitative estimate of drug-likeness (QED) is 0.186. The number of halogens is 2. The summed E-state index contributed by atoms with van der Waals surface area (Å²) in [6.07, 6.45) is 0. The van der Waals surface area contributed by atoms with Crippen molar-refractivity contribution in [3.05, 3.63) is 98.5 Å². The Balaban J connectivity index is 1.74. The van der Waals surface area contributed by atoms with Gasteiger partial charge >= 0.3 is 5.91 Å². The average Bonchev–Trinajstić information content (AvgIpc) is 3.33. The fourth-order valence-electron chi connectivity index (χ4n) is 4.22. The van der Waals surface area contributed by atoms with Crippen molar-refractivity contribution in [3.8, 4) is 0 Å². The zero-order valence-electron chi connectivity index (χ0n) is 18.2. The number of ketones is 1. The van der Waals surface area contributed by atoms with E-state index in [1.165, 1.54) is 16.2 Å². The van der Waals surface area contributed by atoms with E-state index in [2.05, 4.69) is 0 Å². The Kier molecular flexibility index (Phi) is 5.68. The van der Waals surface area contributed by atoms with Gasteiger partial charge < -0.3 is 5.11 Å². The molecule has 1 aliphatic heterocycles. The minimum absolute atomic E-state index is 0.0122. The molecule has 5 nitrogen and oxygen atoms in total. The fraction of sp³-hybridized carbons (Fsp3) is 0.115. The Hall–Kier alpha value is -3.19. The maximum atomic E-state index is 13.3. The van der Waals surface area contributed by atoms with Crippen LogP contribution in [-0.4, -0.2) is 21.8 Å². The number of fused-ring (bicyclic) bond motifs is 1. The van der Waals surface area contributed by atoms with Crippen LogP contribution in [0.4, 0.5) is 5.13 Å². The highest BCUT2D eigenvalue weighted by molar-refractivity contribution is 7.22. The van der Waals surface area contributed by atoms with Crippen LogP contribution in [0.25, 0.3) is 16.0 Å². The smallest absolute Gasteiger partial charge is 0.301 e. The van der Waals surface area contributed by atoms with Crippen LogP contribution in [0.15, 0.2) is 66.2 Å². The molecular weight excluding hydrogens is 491 g/mol. The van der Waals surface area contributed by atoms with Crippen LogP contribution in [-0.2, 0) is 9.59 Å². The molecule has 34 heavy (non-hydrogen) atoms. The van der Waals surface area contributed by atoms with Gasteiger partial charge in [-0.05, 0) is 73.0 Å². The number of aliphatic hydroxyl groups excluding tert-OH is 1. The van der Waals surface area contributed by atoms with Crippen LogP contribution in [0.1, 0.15) is 28.3 Å². The number of anilines is 1. The molecule has 1 unspecified atom stereocenters. The van der Waals surface area contributed by atoms with Gasteiger partial charge in [-0.1, -0.05) is 52.7 Å². The number of aromatic nitrogens is 1. The standard InChI is InChI=1S/C26H18Cl2N2O3S/c1-13-11-14(2)21-19(12-13)34-26(29-21)30-22(15-3-7-17(27)8-4-15)20(24(32)25(30)33)23(31)16-5-9-18(28)10-6-16/h3-12,22,31H,1-2H3. The van der Waals surface area contributed by atoms with E-state index in [0.717, 1.165) is 21.3 Å². The number of thiazole rings is 1. The molecule has 1 amide bonds. The van der Waals surface area contributed by atoms with E-state index in [0.29, 0.717) is 26.3 Å². The molecule has 3 aromatic carbocycles. The molecule has 1 N–H and O–H groups in total. The van der Waals surface area contributed by atoms with E-state index in [1.807, 2.05) is 26.0 Å². The van der Waals surface area contributed by atoms with E-state index in [9.17, 15) is 14.7 Å². The summed E-state index contributed by atoms with van der Waals surface area (Å²) in [4.78, 5) is 32.7. The molecule has 0 saturated carbocycles. The number of amides is 1. The second-order valence-corrected chi connectivity index (χ2v) is 10.0. The van der Waals surface area contributed by atoms with Crippen molar-refractivity contribution in [1.29, 1.82) is 0 Å². The van der Waals surface area contributed by atoms with Gasteiger partial charge in [0.2, 0.25) is 0 Å². The molecule has 1 atom stereocenters. The first-order chi connectivity index (χ1) is 16.2. The minimum Gasteiger partial charge on any atom is -0.507 e. The van der Waals surface area contributed by atoms with Crippen LogP contribution < -0.4 is 4.90 Å². The Morgan fingerprint density at radius 2 is 1.59 bits per heavy atom. The Labute approximate surface area is 209 Å². The summed E-state index contributed by atoms with van der Waals surface area (Å²) in [6.45, 7) is 3.96. The minimum atomic E-state index is -0.866. The zero-order chi connectivity index (χ0) is 24.1. The van der Waals surface area contributed by atoms with Crippen molar-refractivity contribution in [2.24, 2.45) is 0 Å². The zero-order valence-corrected chi connectivity index (χ0v) is 20.5. The second-order valence-electron chi connectivity index (χ2n) is 8.15. The maximum Gasteiger partial charge on any atom is 0.301 e. The largest absolute Gasteiger partial charge is 0.507 e. The molecule has 0 spiro atoms. The van der Waals surface area contributed by atoms with Crippen LogP contribution in [0.3, 0.4) is 0 Å². The highest BCUT2D eigenvalue weighted by atomic mass is 35.5. The van der Waals surface area contributed by atoms with Gasteiger partial charge in [0.25, 0.3) is 5.78 Å². The van der Waals surface area contributed by atoms with E-state index in [1.54, 1.807) is 48.5 Å². The van der Waals surface area contributed by atoms with Crippen molar-refractivity contribution >= 4 is 67.3 Å². The predicted molar refractivity (Wildman–Crippen MR) is 137 cm³/mol. The SMILES string of the molecule is Cc1cc(C)c2nc(N3C(=O)C(=O)C(=C(O)c4ccc(Cl)cc4)C3c3ccc(Cl)cc3)sc2c1. The maximum absolute atomic E-state index is 13.3. The number of hydrogen-bond acceptors (Lipinski definition) is 5. The number of benzene rings is 3. The van der Waals surface area contributed by atoms with E-state index < -0.39 is 17.7 Å². The summed E-state index contributed by atoms with van der Waals surface area (Å²) in [5, 5.41) is 12.6. The van der Waals surface area contributed by atoms with Crippen LogP contribution in [0.5, 0.6) is 0 Å². The molecule has 8 heteroatoms. The summed E-state index contributed by atoms with van der Waals surface area (Å²) in [7, 11) is 0. The number of carbonyl (C=O) groups is 2. The van der Waals surface area contributed by atoms with Crippen molar-refractivity contribution < 1.29 is 14.7 Å². The van der Waals surface area contributed by atoms with Crippen molar-refractivity contribution in [3.63, 3.8) is 0 Å². The van der Waals surface area contributed by atoms with Crippen molar-refractivity contribution in [1.82, 2.24) is 4.98 Å². The highest BCUT2D eigenvalue weighted by Gasteiger charge is 2.48. The highest BCUT2D eigenvalue weighted by Crippen LogP contribution is 2.45. The molecule has 0 aliphatic carbocycles. The van der Waals surface area contributed by atoms with Gasteiger partial charge in [-0.25, -0.2) is 4.98 Å². The van der Waals surface area contributed by atoms with Crippen LogP contribution in [0.2, 0.25) is 10.0 Å². The van der Waals surface area contributed by atoms with Gasteiger partial charge in [0.1, 0.15) is 5.76 Å². The number of nitrogens with zero attached hydrogens (tertiary/aromatic N) is 2. The molecular formula is C26H18Cl2N2O3S. The lowest BCUT2D eigenvalue weighted by Gasteiger charge is -2.23. The normalized spacial score (nSPS) is 17.6. The molecule has 170 valence electrons. The molecule has 1 aromatic heterocycles. The molecule has 1 aliphatic rings. The lowest BCUT2D eigenvalue weighted by Crippen LogP contribution is -2.29. The third-order valence-electron chi connectivity index (χ3n) is 5.77. The number of rotatable bonds is 3. The summed E-state index contributed by atoms with van der Waals surface area (Å²) in [6, 6.07) is 16.5. The Morgan fingerprint density at radius 3 is 2.24 bits per heavy atom. The molecule has 5 rings (SSSR count). The average molecular weight is 509 g/mol. The summed E-state index contributed by atoms with van der Waals surface area (Å²) >= 11 is 13.4. The summed E-state index contributed by atoms with van der Waals surface area (Å²) < 4.78 is 0.918. The van der Waals surface area contributed by atoms with Crippen molar-refractivity contribution in [2.75, 3.05) is 4.90 Å². The van der Waals surface area contributed by atoms with Gasteiger partial charge in [-0.15, -0.1) is 0 Å². The molecule has 0 radical (unpaired) electrons. The predicted octanol–water partition coefficient (Wildman–Crippen LogP) is 6.85. The first-order valence-electron chi connectivity index (χ1n) is 10.4. The van der Waals surface area contributed by atoms with Gasteiger partial charge in [0.05, 0.1) is 21.8 Å². The van der Waals surface area contributed by atoms with Crippen LogP contribution in [0, 0.1) is 13.8 Å².